The molecule has 0 aliphatic heterocycles. The van der Waals surface area contributed by atoms with Crippen LogP contribution in [0.3, 0.4) is 0 Å². The van der Waals surface area contributed by atoms with Crippen molar-refractivity contribution in [1.29, 1.82) is 5.26 Å². The van der Waals surface area contributed by atoms with Gasteiger partial charge < -0.3 is 14.3 Å². The third-order valence-corrected chi connectivity index (χ3v) is 6.89. The average Bonchev–Trinajstić information content (AvgIpc) is 3.25. The van der Waals surface area contributed by atoms with Crippen molar-refractivity contribution in [2.45, 2.75) is 44.1 Å². The van der Waals surface area contributed by atoms with E-state index in [0.717, 1.165) is 16.3 Å². The molecule has 4 aromatic rings. The van der Waals surface area contributed by atoms with Gasteiger partial charge in [-0.2, -0.15) is 5.26 Å². The fourth-order valence-corrected chi connectivity index (χ4v) is 5.12. The van der Waals surface area contributed by atoms with Crippen LogP contribution in [0.2, 0.25) is 0 Å². The van der Waals surface area contributed by atoms with Crippen LogP contribution in [0, 0.1) is 11.3 Å². The molecule has 0 saturated carbocycles. The molecule has 2 aromatic carbocycles. The maximum atomic E-state index is 13.4. The molecule has 0 radical (unpaired) electrons. The molecule has 0 spiro atoms. The van der Waals surface area contributed by atoms with E-state index in [1.165, 1.54) is 10.9 Å². The molecular formula is C26H23N3O5. The summed E-state index contributed by atoms with van der Waals surface area (Å²) in [6, 6.07) is 12.8. The van der Waals surface area contributed by atoms with Crippen LogP contribution in [0.5, 0.6) is 5.75 Å². The Balaban J connectivity index is 1.73. The summed E-state index contributed by atoms with van der Waals surface area (Å²) in [5.41, 5.74) is 1.61. The van der Waals surface area contributed by atoms with Gasteiger partial charge in [0.15, 0.2) is 11.3 Å². The number of benzene rings is 2. The lowest BCUT2D eigenvalue weighted by Crippen LogP contribution is -2.40. The second-order valence-electron chi connectivity index (χ2n) is 8.63. The zero-order chi connectivity index (χ0) is 24.0. The monoisotopic (exact) mass is 457 g/mol. The van der Waals surface area contributed by atoms with E-state index in [9.17, 15) is 20.0 Å². The zero-order valence-electron chi connectivity index (χ0n) is 18.9. The number of nitrogens with zero attached hydrogens (tertiary/aromatic N) is 3. The summed E-state index contributed by atoms with van der Waals surface area (Å²) in [5.74, 6) is -0.522. The quantitative estimate of drug-likeness (QED) is 0.478. The third-order valence-electron chi connectivity index (χ3n) is 6.89. The molecule has 8 nitrogen and oxygen atoms in total. The van der Waals surface area contributed by atoms with Crippen molar-refractivity contribution < 1.29 is 19.1 Å². The summed E-state index contributed by atoms with van der Waals surface area (Å²) in [6.45, 7) is 1.71. The molecule has 2 heterocycles. The Kier molecular flexibility index (Phi) is 5.13. The number of methoxy groups -OCH3 is 1. The van der Waals surface area contributed by atoms with E-state index in [2.05, 4.69) is 11.1 Å². The Hall–Kier alpha value is -4.12. The minimum Gasteiger partial charge on any atom is -0.493 e. The molecule has 0 amide bonds. The number of aromatic nitrogens is 2. The Morgan fingerprint density at radius 1 is 1.35 bits per heavy atom. The van der Waals surface area contributed by atoms with E-state index >= 15 is 0 Å². The second kappa shape index (κ2) is 8.03. The van der Waals surface area contributed by atoms with E-state index in [-0.39, 0.29) is 12.8 Å². The maximum Gasteiger partial charge on any atom is 0.326 e. The highest BCUT2D eigenvalue weighted by Crippen LogP contribution is 2.45. The highest BCUT2D eigenvalue weighted by atomic mass is 16.5. The summed E-state index contributed by atoms with van der Waals surface area (Å²) in [7, 11) is 1.57. The molecule has 0 fully saturated rings. The Morgan fingerprint density at radius 2 is 2.15 bits per heavy atom. The summed E-state index contributed by atoms with van der Waals surface area (Å²) in [6.07, 6.45) is 2.62. The Bertz CT molecular complexity index is 1540. The van der Waals surface area contributed by atoms with Crippen molar-refractivity contribution in [3.63, 3.8) is 0 Å². The third kappa shape index (κ3) is 3.08. The number of fused-ring (bicyclic) bond motifs is 4. The molecule has 34 heavy (non-hydrogen) atoms. The molecule has 2 aromatic heterocycles. The van der Waals surface area contributed by atoms with E-state index in [4.69, 9.17) is 9.15 Å². The van der Waals surface area contributed by atoms with Crippen LogP contribution in [0.1, 0.15) is 42.6 Å². The SMILES string of the molecule is CCC(C(=O)O)n1cnc2c(c1=O)CC(C#N)(c1ccc(OC)c3oc4ccccc4c13)CC2. The number of para-hydroxylation sites is 1. The van der Waals surface area contributed by atoms with Gasteiger partial charge in [-0.3, -0.25) is 9.36 Å². The molecule has 2 unspecified atom stereocenters. The van der Waals surface area contributed by atoms with Gasteiger partial charge >= 0.3 is 5.97 Å². The number of rotatable bonds is 5. The van der Waals surface area contributed by atoms with Gasteiger partial charge in [0.1, 0.15) is 11.6 Å². The molecule has 8 heteroatoms. The number of furan rings is 1. The minimum absolute atomic E-state index is 0.141. The first-order valence-corrected chi connectivity index (χ1v) is 11.2. The number of carboxylic acid groups (broad SMARTS) is 1. The molecular weight excluding hydrogens is 434 g/mol. The van der Waals surface area contributed by atoms with Crippen molar-refractivity contribution in [3.05, 3.63) is 69.9 Å². The van der Waals surface area contributed by atoms with Gasteiger partial charge in [-0.25, -0.2) is 9.78 Å². The predicted molar refractivity (Wildman–Crippen MR) is 125 cm³/mol. The smallest absolute Gasteiger partial charge is 0.326 e. The van der Waals surface area contributed by atoms with Crippen molar-refractivity contribution in [2.24, 2.45) is 0 Å². The number of carbonyl (C=O) groups is 1. The first-order valence-electron chi connectivity index (χ1n) is 11.2. The number of hydrogen-bond donors (Lipinski definition) is 1. The fraction of sp³-hybridized carbons (Fsp3) is 0.308. The van der Waals surface area contributed by atoms with Crippen LogP contribution in [0.4, 0.5) is 0 Å². The zero-order valence-corrected chi connectivity index (χ0v) is 18.9. The topological polar surface area (TPSA) is 118 Å². The summed E-state index contributed by atoms with van der Waals surface area (Å²) < 4.78 is 12.8. The van der Waals surface area contributed by atoms with Crippen LogP contribution in [0.15, 0.2) is 51.9 Å². The van der Waals surface area contributed by atoms with Crippen molar-refractivity contribution >= 4 is 27.9 Å². The Morgan fingerprint density at radius 3 is 2.85 bits per heavy atom. The first kappa shape index (κ1) is 21.7. The second-order valence-corrected chi connectivity index (χ2v) is 8.63. The molecule has 2 atom stereocenters. The normalized spacial score (nSPS) is 18.4. The van der Waals surface area contributed by atoms with Crippen LogP contribution in [-0.2, 0) is 23.1 Å². The van der Waals surface area contributed by atoms with Gasteiger partial charge in [0.05, 0.1) is 30.6 Å². The lowest BCUT2D eigenvalue weighted by atomic mass is 9.68. The van der Waals surface area contributed by atoms with Gasteiger partial charge in [0, 0.05) is 22.8 Å². The molecule has 172 valence electrons. The Labute approximate surface area is 195 Å². The van der Waals surface area contributed by atoms with Gasteiger partial charge in [0.25, 0.3) is 5.56 Å². The standard InChI is InChI=1S/C26H23N3O5/c1-3-19(25(31)32)29-14-28-18-10-11-26(13-27,12-16(18)24(29)30)17-8-9-21(33-2)23-22(17)15-6-4-5-7-20(15)34-23/h4-9,14,19H,3,10-12H2,1-2H3,(H,31,32). The van der Waals surface area contributed by atoms with Crippen LogP contribution >= 0.6 is 0 Å². The molecule has 1 aliphatic carbocycles. The van der Waals surface area contributed by atoms with Gasteiger partial charge in [-0.15, -0.1) is 0 Å². The predicted octanol–water partition coefficient (Wildman–Crippen LogP) is 4.14. The van der Waals surface area contributed by atoms with E-state index < -0.39 is 23.0 Å². The summed E-state index contributed by atoms with van der Waals surface area (Å²) in [4.78, 5) is 29.5. The number of aliphatic carboxylic acids is 1. The van der Waals surface area contributed by atoms with Crippen molar-refractivity contribution in [3.8, 4) is 11.8 Å². The summed E-state index contributed by atoms with van der Waals surface area (Å²) >= 11 is 0. The fourth-order valence-electron chi connectivity index (χ4n) is 5.12. The van der Waals surface area contributed by atoms with E-state index in [1.54, 1.807) is 20.1 Å². The number of ether oxygens (including phenoxy) is 1. The van der Waals surface area contributed by atoms with Gasteiger partial charge in [-0.05, 0) is 37.0 Å². The number of nitriles is 1. The lowest BCUT2D eigenvalue weighted by molar-refractivity contribution is -0.141. The van der Waals surface area contributed by atoms with Crippen molar-refractivity contribution in [1.82, 2.24) is 9.55 Å². The molecule has 0 bridgehead atoms. The minimum atomic E-state index is -1.09. The van der Waals surface area contributed by atoms with E-state index in [0.29, 0.717) is 41.0 Å². The lowest BCUT2D eigenvalue weighted by Gasteiger charge is -2.33. The maximum absolute atomic E-state index is 13.4. The molecule has 1 N–H and O–H groups in total. The largest absolute Gasteiger partial charge is 0.493 e. The summed E-state index contributed by atoms with van der Waals surface area (Å²) in [5, 5.41) is 21.7. The van der Waals surface area contributed by atoms with Gasteiger partial charge in [0.2, 0.25) is 0 Å². The van der Waals surface area contributed by atoms with Crippen LogP contribution in [-0.4, -0.2) is 27.7 Å². The van der Waals surface area contributed by atoms with Gasteiger partial charge in [-0.1, -0.05) is 31.2 Å². The number of hydrogen-bond acceptors (Lipinski definition) is 6. The molecule has 5 rings (SSSR count). The van der Waals surface area contributed by atoms with Crippen LogP contribution < -0.4 is 10.3 Å². The average molecular weight is 457 g/mol. The highest BCUT2D eigenvalue weighted by Gasteiger charge is 2.41. The highest BCUT2D eigenvalue weighted by molar-refractivity contribution is 6.09. The molecule has 0 saturated heterocycles. The van der Waals surface area contributed by atoms with Crippen LogP contribution in [0.25, 0.3) is 21.9 Å². The number of carboxylic acids is 1. The number of aryl methyl sites for hydroxylation is 1. The van der Waals surface area contributed by atoms with E-state index in [1.807, 2.05) is 30.3 Å². The first-order chi connectivity index (χ1) is 16.4. The van der Waals surface area contributed by atoms with Crippen molar-refractivity contribution in [2.75, 3.05) is 7.11 Å². The molecule has 1 aliphatic rings.